The number of para-hydroxylation sites is 1. The van der Waals surface area contributed by atoms with E-state index in [1.54, 1.807) is 44.5 Å². The minimum absolute atomic E-state index is 0.123. The molecule has 0 fully saturated rings. The molecule has 0 saturated carbocycles. The molecule has 4 rings (SSSR count). The van der Waals surface area contributed by atoms with Crippen LogP contribution in [0.3, 0.4) is 0 Å². The van der Waals surface area contributed by atoms with E-state index in [1.165, 1.54) is 0 Å². The molecule has 2 N–H and O–H groups in total. The number of phenols is 1. The highest BCUT2D eigenvalue weighted by molar-refractivity contribution is 7.90. The normalized spacial score (nSPS) is 12.7. The molecule has 0 spiro atoms. The average molecular weight is 433 g/mol. The topological polar surface area (TPSA) is 81.3 Å². The minimum atomic E-state index is -1.12. The van der Waals surface area contributed by atoms with Crippen molar-refractivity contribution in [1.29, 1.82) is 0 Å². The van der Waals surface area contributed by atoms with Crippen LogP contribution in [0, 0.1) is 0 Å². The molecule has 31 heavy (non-hydrogen) atoms. The quantitative estimate of drug-likeness (QED) is 0.441. The number of aliphatic hydroxyl groups is 1. The Bertz CT molecular complexity index is 1210. The third-order valence-electron chi connectivity index (χ3n) is 5.12. The van der Waals surface area contributed by atoms with E-state index in [2.05, 4.69) is 4.98 Å². The van der Waals surface area contributed by atoms with Gasteiger partial charge in [0.25, 0.3) is 0 Å². The van der Waals surface area contributed by atoms with Gasteiger partial charge < -0.3 is 14.8 Å². The van der Waals surface area contributed by atoms with Gasteiger partial charge in [0.2, 0.25) is 0 Å². The maximum absolute atomic E-state index is 11.8. The summed E-state index contributed by atoms with van der Waals surface area (Å²) in [6, 6.07) is 22.6. The minimum Gasteiger partial charge on any atom is -0.612 e. The Kier molecular flexibility index (Phi) is 5.62. The van der Waals surface area contributed by atoms with E-state index in [4.69, 9.17) is 0 Å². The van der Waals surface area contributed by atoms with Crippen molar-refractivity contribution in [3.63, 3.8) is 0 Å². The first-order chi connectivity index (χ1) is 14.7. The van der Waals surface area contributed by atoms with Crippen LogP contribution >= 0.6 is 0 Å². The number of hydrogen-bond acceptors (Lipinski definition) is 4. The van der Waals surface area contributed by atoms with Crippen LogP contribution in [0.4, 0.5) is 0 Å². The van der Waals surface area contributed by atoms with Gasteiger partial charge in [0, 0.05) is 18.0 Å². The molecule has 0 amide bonds. The SMILES string of the molecule is C[S+]([O-])c1cccc(-c2ccc(-n3cc(C(C)(C)O)nc3-c3ccccc3O)cc2)c1. The number of imidazole rings is 1. The van der Waals surface area contributed by atoms with E-state index in [-0.39, 0.29) is 5.75 Å². The molecule has 6 heteroatoms. The van der Waals surface area contributed by atoms with Crippen molar-refractivity contribution in [2.75, 3.05) is 6.26 Å². The second kappa shape index (κ2) is 8.23. The third-order valence-corrected chi connectivity index (χ3v) is 6.04. The number of phenolic OH excluding ortho intramolecular Hbond substituents is 1. The van der Waals surface area contributed by atoms with Crippen molar-refractivity contribution < 1.29 is 14.8 Å². The predicted octanol–water partition coefficient (Wildman–Crippen LogP) is 4.88. The zero-order chi connectivity index (χ0) is 22.2. The maximum atomic E-state index is 11.8. The van der Waals surface area contributed by atoms with Gasteiger partial charge in [-0.15, -0.1) is 0 Å². The fourth-order valence-corrected chi connectivity index (χ4v) is 3.96. The average Bonchev–Trinajstić information content (AvgIpc) is 3.20. The molecule has 3 aromatic carbocycles. The van der Waals surface area contributed by atoms with Crippen molar-refractivity contribution in [3.05, 3.63) is 84.7 Å². The number of aromatic hydroxyl groups is 1. The molecule has 1 heterocycles. The van der Waals surface area contributed by atoms with Crippen molar-refractivity contribution in [3.8, 4) is 34.0 Å². The Morgan fingerprint density at radius 3 is 2.29 bits per heavy atom. The van der Waals surface area contributed by atoms with Crippen LogP contribution in [0.1, 0.15) is 19.5 Å². The van der Waals surface area contributed by atoms with E-state index >= 15 is 0 Å². The highest BCUT2D eigenvalue weighted by Crippen LogP contribution is 2.33. The van der Waals surface area contributed by atoms with Gasteiger partial charge in [-0.25, -0.2) is 4.98 Å². The molecule has 0 aliphatic rings. The highest BCUT2D eigenvalue weighted by atomic mass is 32.2. The molecule has 1 atom stereocenters. The van der Waals surface area contributed by atoms with Crippen LogP contribution in [-0.2, 0) is 16.8 Å². The Morgan fingerprint density at radius 1 is 0.935 bits per heavy atom. The largest absolute Gasteiger partial charge is 0.612 e. The summed E-state index contributed by atoms with van der Waals surface area (Å²) >= 11 is -1.04. The van der Waals surface area contributed by atoms with Crippen molar-refractivity contribution in [1.82, 2.24) is 9.55 Å². The molecule has 5 nitrogen and oxygen atoms in total. The molecule has 158 valence electrons. The predicted molar refractivity (Wildman–Crippen MR) is 124 cm³/mol. The number of aromatic nitrogens is 2. The number of benzene rings is 3. The summed E-state index contributed by atoms with van der Waals surface area (Å²) in [5, 5.41) is 20.9. The van der Waals surface area contributed by atoms with E-state index in [1.807, 2.05) is 59.2 Å². The molecular weight excluding hydrogens is 408 g/mol. The molecule has 0 aliphatic heterocycles. The monoisotopic (exact) mass is 432 g/mol. The molecular formula is C25H24N2O3S. The van der Waals surface area contributed by atoms with Gasteiger partial charge in [-0.05, 0) is 66.5 Å². The summed E-state index contributed by atoms with van der Waals surface area (Å²) in [6.45, 7) is 3.37. The van der Waals surface area contributed by atoms with E-state index in [9.17, 15) is 14.8 Å². The first-order valence-electron chi connectivity index (χ1n) is 9.89. The molecule has 0 saturated heterocycles. The van der Waals surface area contributed by atoms with Crippen LogP contribution in [-0.4, -0.2) is 30.6 Å². The number of hydrogen-bond donors (Lipinski definition) is 2. The molecule has 0 aliphatic carbocycles. The summed E-state index contributed by atoms with van der Waals surface area (Å²) in [5.41, 5.74) is 2.81. The Hall–Kier alpha value is -3.06. The van der Waals surface area contributed by atoms with Crippen molar-refractivity contribution >= 4 is 11.2 Å². The van der Waals surface area contributed by atoms with Crippen LogP contribution in [0.25, 0.3) is 28.2 Å². The van der Waals surface area contributed by atoms with Gasteiger partial charge >= 0.3 is 0 Å². The maximum Gasteiger partial charge on any atom is 0.153 e. The summed E-state index contributed by atoms with van der Waals surface area (Å²) in [5.74, 6) is 0.670. The van der Waals surface area contributed by atoms with E-state index < -0.39 is 16.8 Å². The molecule has 0 radical (unpaired) electrons. The zero-order valence-corrected chi connectivity index (χ0v) is 18.4. The Balaban J connectivity index is 1.78. The van der Waals surface area contributed by atoms with E-state index in [0.717, 1.165) is 21.7 Å². The van der Waals surface area contributed by atoms with E-state index in [0.29, 0.717) is 17.1 Å². The van der Waals surface area contributed by atoms with Crippen LogP contribution in [0.2, 0.25) is 0 Å². The van der Waals surface area contributed by atoms with Crippen molar-refractivity contribution in [2.45, 2.75) is 24.3 Å². The van der Waals surface area contributed by atoms with Crippen molar-refractivity contribution in [2.24, 2.45) is 0 Å². The summed E-state index contributed by atoms with van der Waals surface area (Å²) in [7, 11) is 0. The van der Waals surface area contributed by atoms with Crippen LogP contribution in [0.15, 0.2) is 83.9 Å². The highest BCUT2D eigenvalue weighted by Gasteiger charge is 2.24. The lowest BCUT2D eigenvalue weighted by Gasteiger charge is -2.13. The lowest BCUT2D eigenvalue weighted by Crippen LogP contribution is -2.15. The smallest absolute Gasteiger partial charge is 0.153 e. The number of rotatable bonds is 5. The summed E-state index contributed by atoms with van der Waals surface area (Å²) in [6.07, 6.45) is 3.46. The van der Waals surface area contributed by atoms with Gasteiger partial charge in [-0.1, -0.05) is 36.4 Å². The fourth-order valence-electron chi connectivity index (χ4n) is 3.39. The van der Waals surface area contributed by atoms with Gasteiger partial charge in [-0.3, -0.25) is 4.57 Å². The second-order valence-electron chi connectivity index (χ2n) is 7.92. The molecule has 0 bridgehead atoms. The Morgan fingerprint density at radius 2 is 1.65 bits per heavy atom. The van der Waals surface area contributed by atoms with Crippen LogP contribution < -0.4 is 0 Å². The molecule has 1 unspecified atom stereocenters. The zero-order valence-electron chi connectivity index (χ0n) is 17.6. The second-order valence-corrected chi connectivity index (χ2v) is 9.30. The molecule has 1 aromatic heterocycles. The summed E-state index contributed by atoms with van der Waals surface area (Å²) < 4.78 is 13.7. The third kappa shape index (κ3) is 4.37. The van der Waals surface area contributed by atoms with Gasteiger partial charge in [0.05, 0.1) is 11.3 Å². The summed E-state index contributed by atoms with van der Waals surface area (Å²) in [4.78, 5) is 5.40. The fraction of sp³-hybridized carbons (Fsp3) is 0.160. The lowest BCUT2D eigenvalue weighted by atomic mass is 10.1. The van der Waals surface area contributed by atoms with Gasteiger partial charge in [-0.2, -0.15) is 0 Å². The molecule has 4 aromatic rings. The Labute approximate surface area is 184 Å². The standard InChI is InChI=1S/C25H24N2O3S/c1-25(2,29)23-16-27(24(26-23)21-9-4-5-10-22(21)28)19-13-11-17(12-14-19)18-7-6-8-20(15-18)31(3)30/h4-16,28-29H,1-3H3. The van der Waals surface area contributed by atoms with Crippen LogP contribution in [0.5, 0.6) is 5.75 Å². The first kappa shape index (κ1) is 21.2. The van der Waals surface area contributed by atoms with Gasteiger partial charge in [0.1, 0.15) is 23.4 Å². The number of nitrogens with zero attached hydrogens (tertiary/aromatic N) is 2. The van der Waals surface area contributed by atoms with Gasteiger partial charge in [0.15, 0.2) is 4.90 Å². The lowest BCUT2D eigenvalue weighted by molar-refractivity contribution is 0.0743. The first-order valence-corrected chi connectivity index (χ1v) is 11.4.